The van der Waals surface area contributed by atoms with Crippen LogP contribution >= 0.6 is 0 Å². The average molecular weight is 730 g/mol. The summed E-state index contributed by atoms with van der Waals surface area (Å²) in [5, 5.41) is 0. The van der Waals surface area contributed by atoms with E-state index in [2.05, 4.69) is 183 Å². The van der Waals surface area contributed by atoms with Crippen LogP contribution in [0.25, 0.3) is 89.5 Å². The smallest absolute Gasteiger partial charge is 0.160 e. The summed E-state index contributed by atoms with van der Waals surface area (Å²) in [5.41, 5.74) is 19.6. The molecule has 1 aliphatic carbocycles. The van der Waals surface area contributed by atoms with Gasteiger partial charge in [-0.3, -0.25) is 4.98 Å². The van der Waals surface area contributed by atoms with Gasteiger partial charge in [-0.2, -0.15) is 0 Å². The lowest BCUT2D eigenvalue weighted by Gasteiger charge is -2.22. The molecule has 0 unspecified atom stereocenters. The molecule has 0 saturated heterocycles. The number of hydrogen-bond donors (Lipinski definition) is 0. The summed E-state index contributed by atoms with van der Waals surface area (Å²) < 4.78 is 0. The third-order valence-electron chi connectivity index (χ3n) is 11.4. The first kappa shape index (κ1) is 34.3. The molecule has 7 aromatic carbocycles. The van der Waals surface area contributed by atoms with Crippen molar-refractivity contribution in [2.45, 2.75) is 19.3 Å². The van der Waals surface area contributed by atoms with Crippen molar-refractivity contribution in [3.05, 3.63) is 212 Å². The third kappa shape index (κ3) is 6.43. The molecular formula is C54H39N3. The van der Waals surface area contributed by atoms with Gasteiger partial charge in [0.05, 0.1) is 11.4 Å². The number of pyridine rings is 1. The SMILES string of the molecule is CC1(C)c2ccccc2-c2ccc(-c3cccc(-c4cccc(-c5cccc(-c6cc(-c7ccc(-c8cccnc8)cc7)nc(-c7ccccc7)n6)c5)c4)c3)cc21. The van der Waals surface area contributed by atoms with E-state index in [-0.39, 0.29) is 5.41 Å². The molecule has 9 aromatic rings. The van der Waals surface area contributed by atoms with Crippen molar-refractivity contribution in [3.8, 4) is 89.5 Å². The zero-order chi connectivity index (χ0) is 38.3. The summed E-state index contributed by atoms with van der Waals surface area (Å²) in [5.74, 6) is 0.697. The largest absolute Gasteiger partial charge is 0.264 e. The van der Waals surface area contributed by atoms with Gasteiger partial charge in [-0.25, -0.2) is 9.97 Å². The van der Waals surface area contributed by atoms with Crippen molar-refractivity contribution in [1.82, 2.24) is 15.0 Å². The third-order valence-corrected chi connectivity index (χ3v) is 11.4. The van der Waals surface area contributed by atoms with Gasteiger partial charge in [0.25, 0.3) is 0 Å². The Balaban J connectivity index is 0.981. The van der Waals surface area contributed by atoms with E-state index in [9.17, 15) is 0 Å². The Kier molecular flexibility index (Phi) is 8.49. The Hall–Kier alpha value is -7.23. The molecule has 10 rings (SSSR count). The van der Waals surface area contributed by atoms with Crippen LogP contribution < -0.4 is 0 Å². The van der Waals surface area contributed by atoms with Crippen molar-refractivity contribution in [3.63, 3.8) is 0 Å². The summed E-state index contributed by atoms with van der Waals surface area (Å²) >= 11 is 0. The molecule has 3 nitrogen and oxygen atoms in total. The molecule has 0 amide bonds. The molecule has 0 spiro atoms. The zero-order valence-electron chi connectivity index (χ0n) is 31.9. The van der Waals surface area contributed by atoms with E-state index < -0.39 is 0 Å². The minimum absolute atomic E-state index is 0.0366. The minimum atomic E-state index is -0.0366. The molecule has 0 fully saturated rings. The van der Waals surface area contributed by atoms with Crippen LogP contribution in [0, 0.1) is 0 Å². The van der Waals surface area contributed by atoms with Crippen LogP contribution in [0.4, 0.5) is 0 Å². The number of fused-ring (bicyclic) bond motifs is 3. The molecule has 0 aliphatic heterocycles. The minimum Gasteiger partial charge on any atom is -0.264 e. The lowest BCUT2D eigenvalue weighted by atomic mass is 9.81. The average Bonchev–Trinajstić information content (AvgIpc) is 3.52. The normalized spacial score (nSPS) is 12.5. The molecule has 0 N–H and O–H groups in total. The first-order valence-corrected chi connectivity index (χ1v) is 19.5. The van der Waals surface area contributed by atoms with Crippen molar-refractivity contribution in [1.29, 1.82) is 0 Å². The van der Waals surface area contributed by atoms with Gasteiger partial charge in [0.15, 0.2) is 5.82 Å². The number of hydrogen-bond acceptors (Lipinski definition) is 3. The summed E-state index contributed by atoms with van der Waals surface area (Å²) in [7, 11) is 0. The summed E-state index contributed by atoms with van der Waals surface area (Å²) in [6.45, 7) is 4.68. The quantitative estimate of drug-likeness (QED) is 0.164. The highest BCUT2D eigenvalue weighted by atomic mass is 14.9. The van der Waals surface area contributed by atoms with Crippen LogP contribution in [0.5, 0.6) is 0 Å². The van der Waals surface area contributed by atoms with Crippen molar-refractivity contribution >= 4 is 0 Å². The predicted molar refractivity (Wildman–Crippen MR) is 235 cm³/mol. The van der Waals surface area contributed by atoms with E-state index in [4.69, 9.17) is 9.97 Å². The number of benzene rings is 7. The van der Waals surface area contributed by atoms with Crippen LogP contribution in [0.2, 0.25) is 0 Å². The van der Waals surface area contributed by atoms with E-state index in [1.54, 1.807) is 6.20 Å². The van der Waals surface area contributed by atoms with Gasteiger partial charge in [0, 0.05) is 34.5 Å². The predicted octanol–water partition coefficient (Wildman–Crippen LogP) is 13.8. The van der Waals surface area contributed by atoms with Gasteiger partial charge >= 0.3 is 0 Å². The maximum Gasteiger partial charge on any atom is 0.160 e. The van der Waals surface area contributed by atoms with Crippen molar-refractivity contribution in [2.24, 2.45) is 0 Å². The topological polar surface area (TPSA) is 38.7 Å². The number of aromatic nitrogens is 3. The van der Waals surface area contributed by atoms with E-state index in [1.807, 2.05) is 30.5 Å². The Bertz CT molecular complexity index is 2910. The van der Waals surface area contributed by atoms with Crippen LogP contribution in [0.1, 0.15) is 25.0 Å². The molecule has 1 aliphatic rings. The van der Waals surface area contributed by atoms with E-state index >= 15 is 0 Å². The van der Waals surface area contributed by atoms with E-state index in [1.165, 1.54) is 44.5 Å². The van der Waals surface area contributed by atoms with Gasteiger partial charge in [-0.15, -0.1) is 0 Å². The van der Waals surface area contributed by atoms with Gasteiger partial charge < -0.3 is 0 Å². The second-order valence-corrected chi connectivity index (χ2v) is 15.3. The highest BCUT2D eigenvalue weighted by Gasteiger charge is 2.35. The van der Waals surface area contributed by atoms with Gasteiger partial charge in [-0.05, 0) is 103 Å². The van der Waals surface area contributed by atoms with Crippen molar-refractivity contribution < 1.29 is 0 Å². The Morgan fingerprint density at radius 1 is 0.333 bits per heavy atom. The maximum absolute atomic E-state index is 5.13. The molecule has 3 heteroatoms. The molecule has 2 heterocycles. The fourth-order valence-corrected chi connectivity index (χ4v) is 8.32. The maximum atomic E-state index is 5.13. The molecule has 270 valence electrons. The van der Waals surface area contributed by atoms with Crippen LogP contribution in [-0.2, 0) is 5.41 Å². The van der Waals surface area contributed by atoms with Crippen LogP contribution in [-0.4, -0.2) is 15.0 Å². The Labute approximate surface area is 334 Å². The molecule has 2 aromatic heterocycles. The summed E-state index contributed by atoms with van der Waals surface area (Å²) in [4.78, 5) is 14.5. The summed E-state index contributed by atoms with van der Waals surface area (Å²) in [6.07, 6.45) is 3.69. The van der Waals surface area contributed by atoms with Gasteiger partial charge in [0.1, 0.15) is 0 Å². The van der Waals surface area contributed by atoms with Gasteiger partial charge in [-0.1, -0.05) is 166 Å². The Morgan fingerprint density at radius 2 is 0.825 bits per heavy atom. The highest BCUT2D eigenvalue weighted by molar-refractivity contribution is 5.85. The first-order chi connectivity index (χ1) is 28.0. The molecule has 0 saturated carbocycles. The van der Waals surface area contributed by atoms with Gasteiger partial charge in [0.2, 0.25) is 0 Å². The zero-order valence-corrected chi connectivity index (χ0v) is 31.9. The fourth-order valence-electron chi connectivity index (χ4n) is 8.32. The summed E-state index contributed by atoms with van der Waals surface area (Å²) in [6, 6.07) is 67.1. The molecule has 57 heavy (non-hydrogen) atoms. The Morgan fingerprint density at radius 3 is 1.47 bits per heavy atom. The standard InChI is InChI=1S/C54H39N3/c1-54(2)49-22-7-6-21-47(49)48-28-27-44(33-50(48)54)42-17-9-15-40(31-42)39-14-8-16-41(30-39)43-18-10-19-45(32-43)52-34-51(56-53(57-52)38-12-4-3-5-13-38)37-25-23-36(24-26-37)46-20-11-29-55-35-46/h3-35H,1-2H3. The number of rotatable bonds is 7. The van der Waals surface area contributed by atoms with E-state index in [0.717, 1.165) is 50.3 Å². The molecule has 0 bridgehead atoms. The number of nitrogens with zero attached hydrogens (tertiary/aromatic N) is 3. The van der Waals surface area contributed by atoms with Crippen molar-refractivity contribution in [2.75, 3.05) is 0 Å². The van der Waals surface area contributed by atoms with Crippen LogP contribution in [0.15, 0.2) is 200 Å². The second-order valence-electron chi connectivity index (χ2n) is 15.3. The second kappa shape index (κ2) is 14.1. The van der Waals surface area contributed by atoms with Crippen LogP contribution in [0.3, 0.4) is 0 Å². The lowest BCUT2D eigenvalue weighted by Crippen LogP contribution is -2.14. The fraction of sp³-hybridized carbons (Fsp3) is 0.0556. The first-order valence-electron chi connectivity index (χ1n) is 19.5. The molecular weight excluding hydrogens is 691 g/mol. The monoisotopic (exact) mass is 729 g/mol. The highest BCUT2D eigenvalue weighted by Crippen LogP contribution is 2.49. The molecule has 0 atom stereocenters. The lowest BCUT2D eigenvalue weighted by molar-refractivity contribution is 0.660. The molecule has 0 radical (unpaired) electrons. The van der Waals surface area contributed by atoms with E-state index in [0.29, 0.717) is 5.82 Å².